The molecule has 0 aliphatic carbocycles. The van der Waals surface area contributed by atoms with E-state index in [-0.39, 0.29) is 12.0 Å². The smallest absolute Gasteiger partial charge is 0.323 e. The Bertz CT molecular complexity index is 167. The molecule has 13 heavy (non-hydrogen) atoms. The van der Waals surface area contributed by atoms with E-state index in [1.165, 1.54) is 26.4 Å². The average Bonchev–Trinajstić information content (AvgIpc) is 2.18. The Morgan fingerprint density at radius 2 is 2.00 bits per heavy atom. The van der Waals surface area contributed by atoms with Crippen molar-refractivity contribution in [3.05, 3.63) is 0 Å². The predicted molar refractivity (Wildman–Crippen MR) is 50.0 cm³/mol. The minimum atomic E-state index is -0.233. The van der Waals surface area contributed by atoms with Crippen LogP contribution in [0.15, 0.2) is 0 Å². The van der Waals surface area contributed by atoms with E-state index in [1.54, 1.807) is 0 Å². The van der Waals surface area contributed by atoms with Gasteiger partial charge in [0, 0.05) is 13.1 Å². The van der Waals surface area contributed by atoms with E-state index in [0.717, 1.165) is 13.1 Å². The lowest BCUT2D eigenvalue weighted by molar-refractivity contribution is -0.144. The monoisotopic (exact) mass is 186 g/mol. The second kappa shape index (κ2) is 5.19. The van der Waals surface area contributed by atoms with Crippen LogP contribution >= 0.6 is 0 Å². The Balaban J connectivity index is 2.25. The summed E-state index contributed by atoms with van der Waals surface area (Å²) < 4.78 is 4.63. The third-order valence-electron chi connectivity index (χ3n) is 2.29. The lowest BCUT2D eigenvalue weighted by atomic mass is 10.2. The molecule has 76 valence electrons. The van der Waals surface area contributed by atoms with Gasteiger partial charge in [0.05, 0.1) is 7.11 Å². The number of esters is 1. The van der Waals surface area contributed by atoms with Crippen LogP contribution in [-0.2, 0) is 9.53 Å². The fourth-order valence-corrected chi connectivity index (χ4v) is 1.53. The Hall–Kier alpha value is -0.610. The minimum Gasteiger partial charge on any atom is -0.468 e. The number of methoxy groups -OCH3 is 1. The zero-order chi connectivity index (χ0) is 9.68. The van der Waals surface area contributed by atoms with Crippen molar-refractivity contribution in [2.75, 3.05) is 20.2 Å². The molecule has 1 N–H and O–H groups in total. The van der Waals surface area contributed by atoms with Crippen LogP contribution < -0.4 is 5.43 Å². The van der Waals surface area contributed by atoms with Crippen molar-refractivity contribution >= 4 is 5.97 Å². The average molecular weight is 186 g/mol. The molecule has 1 rings (SSSR count). The highest BCUT2D eigenvalue weighted by Gasteiger charge is 2.17. The van der Waals surface area contributed by atoms with Crippen LogP contribution in [-0.4, -0.2) is 37.2 Å². The molecule has 0 aromatic carbocycles. The van der Waals surface area contributed by atoms with E-state index < -0.39 is 0 Å². The first kappa shape index (κ1) is 10.5. The highest BCUT2D eigenvalue weighted by Crippen LogP contribution is 2.06. The van der Waals surface area contributed by atoms with E-state index in [4.69, 9.17) is 0 Å². The molecule has 1 heterocycles. The SMILES string of the molecule is COC(=O)C(C)NN1CCCCC1. The lowest BCUT2D eigenvalue weighted by Crippen LogP contribution is -2.49. The van der Waals surface area contributed by atoms with Gasteiger partial charge in [-0.15, -0.1) is 0 Å². The molecule has 0 radical (unpaired) electrons. The van der Waals surface area contributed by atoms with Crippen molar-refractivity contribution in [1.29, 1.82) is 0 Å². The normalized spacial score (nSPS) is 21.1. The van der Waals surface area contributed by atoms with Crippen LogP contribution in [0.1, 0.15) is 26.2 Å². The maximum atomic E-state index is 11.1. The third-order valence-corrected chi connectivity index (χ3v) is 2.29. The molecule has 1 fully saturated rings. The van der Waals surface area contributed by atoms with Gasteiger partial charge in [-0.2, -0.15) is 0 Å². The quantitative estimate of drug-likeness (QED) is 0.653. The van der Waals surface area contributed by atoms with Gasteiger partial charge >= 0.3 is 5.97 Å². The zero-order valence-electron chi connectivity index (χ0n) is 8.38. The van der Waals surface area contributed by atoms with Crippen molar-refractivity contribution in [1.82, 2.24) is 10.4 Å². The Kier molecular flexibility index (Phi) is 4.18. The van der Waals surface area contributed by atoms with Gasteiger partial charge in [0.15, 0.2) is 0 Å². The molecule has 4 nitrogen and oxygen atoms in total. The number of carbonyl (C=O) groups excluding carboxylic acids is 1. The van der Waals surface area contributed by atoms with Gasteiger partial charge in [0.1, 0.15) is 6.04 Å². The largest absolute Gasteiger partial charge is 0.468 e. The van der Waals surface area contributed by atoms with E-state index in [2.05, 4.69) is 15.2 Å². The molecule has 1 atom stereocenters. The summed E-state index contributed by atoms with van der Waals surface area (Å²) in [4.78, 5) is 11.1. The van der Waals surface area contributed by atoms with Crippen LogP contribution in [0.5, 0.6) is 0 Å². The molecule has 0 spiro atoms. The first-order valence-electron chi connectivity index (χ1n) is 4.83. The topological polar surface area (TPSA) is 41.6 Å². The van der Waals surface area contributed by atoms with Crippen LogP contribution in [0, 0.1) is 0 Å². The number of hydrogen-bond acceptors (Lipinski definition) is 4. The Morgan fingerprint density at radius 1 is 1.38 bits per heavy atom. The molecule has 4 heteroatoms. The first-order chi connectivity index (χ1) is 6.24. The standard InChI is InChI=1S/C9H18N2O2/c1-8(9(12)13-2)10-11-6-4-3-5-7-11/h8,10H,3-7H2,1-2H3. The number of piperidine rings is 1. The number of carbonyl (C=O) groups is 1. The summed E-state index contributed by atoms with van der Waals surface area (Å²) in [7, 11) is 1.41. The lowest BCUT2D eigenvalue weighted by Gasteiger charge is -2.29. The summed E-state index contributed by atoms with van der Waals surface area (Å²) in [5.74, 6) is -0.203. The molecule has 0 aromatic heterocycles. The second-order valence-electron chi connectivity index (χ2n) is 3.42. The van der Waals surface area contributed by atoms with Crippen LogP contribution in [0.2, 0.25) is 0 Å². The molecular formula is C9H18N2O2. The summed E-state index contributed by atoms with van der Waals surface area (Å²) in [6, 6.07) is -0.233. The number of ether oxygens (including phenoxy) is 1. The maximum Gasteiger partial charge on any atom is 0.323 e. The molecule has 0 amide bonds. The molecule has 0 bridgehead atoms. The fourth-order valence-electron chi connectivity index (χ4n) is 1.53. The predicted octanol–water partition coefficient (Wildman–Crippen LogP) is 0.538. The fraction of sp³-hybridized carbons (Fsp3) is 0.889. The van der Waals surface area contributed by atoms with Crippen molar-refractivity contribution in [2.24, 2.45) is 0 Å². The summed E-state index contributed by atoms with van der Waals surface area (Å²) in [5, 5.41) is 2.10. The van der Waals surface area contributed by atoms with Crippen molar-refractivity contribution < 1.29 is 9.53 Å². The molecule has 1 saturated heterocycles. The highest BCUT2D eigenvalue weighted by molar-refractivity contribution is 5.74. The number of nitrogens with one attached hydrogen (secondary N) is 1. The Labute approximate surface area is 79.2 Å². The summed E-state index contributed by atoms with van der Waals surface area (Å²) in [5.41, 5.74) is 3.13. The van der Waals surface area contributed by atoms with E-state index in [0.29, 0.717) is 0 Å². The molecule has 1 unspecified atom stereocenters. The van der Waals surface area contributed by atoms with Gasteiger partial charge in [0.2, 0.25) is 0 Å². The van der Waals surface area contributed by atoms with Crippen molar-refractivity contribution in [3.63, 3.8) is 0 Å². The van der Waals surface area contributed by atoms with E-state index in [1.807, 2.05) is 6.92 Å². The number of hydrazine groups is 1. The summed E-state index contributed by atoms with van der Waals surface area (Å²) >= 11 is 0. The van der Waals surface area contributed by atoms with Crippen LogP contribution in [0.3, 0.4) is 0 Å². The minimum absolute atomic E-state index is 0.203. The molecule has 0 saturated carbocycles. The second-order valence-corrected chi connectivity index (χ2v) is 3.42. The van der Waals surface area contributed by atoms with E-state index in [9.17, 15) is 4.79 Å². The molecule has 1 aliphatic heterocycles. The van der Waals surface area contributed by atoms with Crippen molar-refractivity contribution in [3.8, 4) is 0 Å². The van der Waals surface area contributed by atoms with Gasteiger partial charge in [-0.1, -0.05) is 6.42 Å². The van der Waals surface area contributed by atoms with Crippen LogP contribution in [0.4, 0.5) is 0 Å². The number of rotatable bonds is 3. The molecule has 1 aliphatic rings. The maximum absolute atomic E-state index is 11.1. The van der Waals surface area contributed by atoms with Crippen molar-refractivity contribution in [2.45, 2.75) is 32.2 Å². The van der Waals surface area contributed by atoms with Gasteiger partial charge in [-0.05, 0) is 19.8 Å². The summed E-state index contributed by atoms with van der Waals surface area (Å²) in [6.07, 6.45) is 3.71. The molecule has 0 aromatic rings. The Morgan fingerprint density at radius 3 is 2.54 bits per heavy atom. The molecular weight excluding hydrogens is 168 g/mol. The highest BCUT2D eigenvalue weighted by atomic mass is 16.5. The van der Waals surface area contributed by atoms with Gasteiger partial charge < -0.3 is 4.74 Å². The number of nitrogens with zero attached hydrogens (tertiary/aromatic N) is 1. The zero-order valence-corrected chi connectivity index (χ0v) is 8.38. The number of hydrogen-bond donors (Lipinski definition) is 1. The first-order valence-corrected chi connectivity index (χ1v) is 4.83. The van der Waals surface area contributed by atoms with Gasteiger partial charge in [0.25, 0.3) is 0 Å². The van der Waals surface area contributed by atoms with E-state index >= 15 is 0 Å². The third kappa shape index (κ3) is 3.32. The van der Waals surface area contributed by atoms with Gasteiger partial charge in [-0.3, -0.25) is 4.79 Å². The van der Waals surface area contributed by atoms with Crippen LogP contribution in [0.25, 0.3) is 0 Å². The van der Waals surface area contributed by atoms with Gasteiger partial charge in [-0.25, -0.2) is 10.4 Å². The summed E-state index contributed by atoms with van der Waals surface area (Å²) in [6.45, 7) is 3.88.